The number of amides is 1. The van der Waals surface area contributed by atoms with Gasteiger partial charge in [-0.15, -0.1) is 0 Å². The van der Waals surface area contributed by atoms with Gasteiger partial charge >= 0.3 is 5.97 Å². The normalized spacial score (nSPS) is 14.8. The van der Waals surface area contributed by atoms with Crippen LogP contribution < -0.4 is 16.8 Å². The van der Waals surface area contributed by atoms with Gasteiger partial charge in [-0.25, -0.2) is 13.2 Å². The van der Waals surface area contributed by atoms with Gasteiger partial charge in [0.25, 0.3) is 5.91 Å². The maximum absolute atomic E-state index is 12.6. The van der Waals surface area contributed by atoms with Crippen molar-refractivity contribution < 1.29 is 27.5 Å². The molecule has 1 aliphatic rings. The minimum Gasteiger partial charge on any atom is -0.452 e. The minimum atomic E-state index is -3.62. The van der Waals surface area contributed by atoms with Crippen LogP contribution in [0, 0.1) is 0 Å². The molecule has 0 spiro atoms. The number of morpholine rings is 1. The summed E-state index contributed by atoms with van der Waals surface area (Å²) in [5, 5.41) is 2.54. The molecule has 11 heteroatoms. The second kappa shape index (κ2) is 9.11. The van der Waals surface area contributed by atoms with Gasteiger partial charge in [0.15, 0.2) is 6.61 Å². The van der Waals surface area contributed by atoms with Crippen LogP contribution in [-0.4, -0.2) is 57.5 Å². The van der Waals surface area contributed by atoms with Gasteiger partial charge in [-0.2, -0.15) is 4.31 Å². The molecule has 0 unspecified atom stereocenters. The maximum atomic E-state index is 12.6. The average Bonchev–Trinajstić information content (AvgIpc) is 2.72. The molecule has 0 atom stereocenters. The lowest BCUT2D eigenvalue weighted by atomic mass is 10.2. The maximum Gasteiger partial charge on any atom is 0.338 e. The first-order chi connectivity index (χ1) is 14.3. The first-order valence-electron chi connectivity index (χ1n) is 9.07. The highest BCUT2D eigenvalue weighted by Gasteiger charge is 2.26. The Labute approximate surface area is 173 Å². The van der Waals surface area contributed by atoms with Crippen molar-refractivity contribution in [2.75, 3.05) is 49.7 Å². The van der Waals surface area contributed by atoms with E-state index < -0.39 is 28.5 Å². The van der Waals surface area contributed by atoms with Crippen LogP contribution in [0.5, 0.6) is 0 Å². The first-order valence-corrected chi connectivity index (χ1v) is 10.5. The topological polar surface area (TPSA) is 154 Å². The molecule has 0 aliphatic carbocycles. The lowest BCUT2D eigenvalue weighted by Gasteiger charge is -2.26. The van der Waals surface area contributed by atoms with E-state index in [4.69, 9.17) is 20.9 Å². The van der Waals surface area contributed by atoms with E-state index in [0.29, 0.717) is 43.4 Å². The number of benzene rings is 2. The van der Waals surface area contributed by atoms with Gasteiger partial charge in [0, 0.05) is 30.2 Å². The van der Waals surface area contributed by atoms with E-state index in [1.54, 1.807) is 0 Å². The molecule has 160 valence electrons. The van der Waals surface area contributed by atoms with Crippen molar-refractivity contribution >= 4 is 39.0 Å². The number of ether oxygens (including phenoxy) is 2. The molecule has 10 nitrogen and oxygen atoms in total. The van der Waals surface area contributed by atoms with Gasteiger partial charge in [0.1, 0.15) is 0 Å². The smallest absolute Gasteiger partial charge is 0.338 e. The Bertz CT molecular complexity index is 1010. The number of nitrogens with one attached hydrogen (secondary N) is 1. The molecule has 2 aromatic rings. The quantitative estimate of drug-likeness (QED) is 0.443. The van der Waals surface area contributed by atoms with Gasteiger partial charge in [-0.1, -0.05) is 0 Å². The van der Waals surface area contributed by atoms with Gasteiger partial charge in [-0.05, 0) is 42.5 Å². The molecule has 0 radical (unpaired) electrons. The molecule has 5 N–H and O–H groups in total. The highest BCUT2D eigenvalue weighted by Crippen LogP contribution is 2.19. The summed E-state index contributed by atoms with van der Waals surface area (Å²) in [5.74, 6) is -1.32. The van der Waals surface area contributed by atoms with Crippen molar-refractivity contribution in [2.24, 2.45) is 0 Å². The number of nitrogens with two attached hydrogens (primary N) is 2. The van der Waals surface area contributed by atoms with E-state index in [2.05, 4.69) is 5.32 Å². The summed E-state index contributed by atoms with van der Waals surface area (Å²) >= 11 is 0. The van der Waals surface area contributed by atoms with Gasteiger partial charge in [0.2, 0.25) is 10.0 Å². The van der Waals surface area contributed by atoms with Crippen LogP contribution in [0.25, 0.3) is 0 Å². The highest BCUT2D eigenvalue weighted by atomic mass is 32.2. The van der Waals surface area contributed by atoms with Crippen molar-refractivity contribution in [3.63, 3.8) is 0 Å². The second-order valence-corrected chi connectivity index (χ2v) is 8.49. The highest BCUT2D eigenvalue weighted by molar-refractivity contribution is 7.89. The number of nitrogens with zero attached hydrogens (tertiary/aromatic N) is 1. The number of hydrogen-bond acceptors (Lipinski definition) is 8. The third kappa shape index (κ3) is 5.26. The molecule has 1 aliphatic heterocycles. The van der Waals surface area contributed by atoms with Crippen LogP contribution in [0.2, 0.25) is 0 Å². The number of esters is 1. The summed E-state index contributed by atoms with van der Waals surface area (Å²) in [4.78, 5) is 24.2. The Hall–Kier alpha value is -3.15. The summed E-state index contributed by atoms with van der Waals surface area (Å²) in [6.45, 7) is 0.777. The molecule has 1 fully saturated rings. The summed E-state index contributed by atoms with van der Waals surface area (Å²) in [5.41, 5.74) is 12.4. The van der Waals surface area contributed by atoms with Crippen LogP contribution in [0.3, 0.4) is 0 Å². The van der Waals surface area contributed by atoms with Crippen molar-refractivity contribution in [3.8, 4) is 0 Å². The molecule has 0 bridgehead atoms. The standard InChI is InChI=1S/C19H22N4O6S/c20-14-9-13(10-15(21)11-14)19(25)29-12-18(24)22-16-1-3-17(4-2-16)30(26,27)23-5-7-28-8-6-23/h1-4,9-11H,5-8,12,20-21H2,(H,22,24). The number of carbonyl (C=O) groups is 2. The van der Waals surface area contributed by atoms with Gasteiger partial charge in [0.05, 0.1) is 23.7 Å². The fourth-order valence-corrected chi connectivity index (χ4v) is 4.26. The summed E-state index contributed by atoms with van der Waals surface area (Å²) in [7, 11) is -3.62. The number of anilines is 3. The number of hydrogen-bond donors (Lipinski definition) is 3. The third-order valence-corrected chi connectivity index (χ3v) is 6.21. The van der Waals surface area contributed by atoms with Crippen LogP contribution in [-0.2, 0) is 24.3 Å². The predicted octanol–water partition coefficient (Wildman–Crippen LogP) is 0.667. The molecule has 0 aromatic heterocycles. The van der Waals surface area contributed by atoms with E-state index in [9.17, 15) is 18.0 Å². The molecule has 0 saturated carbocycles. The third-order valence-electron chi connectivity index (χ3n) is 4.29. The number of rotatable bonds is 6. The molecule has 30 heavy (non-hydrogen) atoms. The van der Waals surface area contributed by atoms with E-state index >= 15 is 0 Å². The Morgan fingerprint density at radius 1 is 1.03 bits per heavy atom. The number of nitrogen functional groups attached to an aromatic ring is 2. The molecule has 1 saturated heterocycles. The van der Waals surface area contributed by atoms with Crippen LogP contribution in [0.4, 0.5) is 17.1 Å². The average molecular weight is 434 g/mol. The van der Waals surface area contributed by atoms with Crippen molar-refractivity contribution in [3.05, 3.63) is 48.0 Å². The van der Waals surface area contributed by atoms with Crippen molar-refractivity contribution in [2.45, 2.75) is 4.90 Å². The number of carbonyl (C=O) groups excluding carboxylic acids is 2. The zero-order valence-corrected chi connectivity index (χ0v) is 16.9. The molecule has 2 aromatic carbocycles. The van der Waals surface area contributed by atoms with Crippen LogP contribution >= 0.6 is 0 Å². The molecule has 1 heterocycles. The molecule has 1 amide bonds. The Balaban J connectivity index is 1.56. The Morgan fingerprint density at radius 2 is 1.63 bits per heavy atom. The monoisotopic (exact) mass is 434 g/mol. The predicted molar refractivity (Wildman–Crippen MR) is 110 cm³/mol. The second-order valence-electron chi connectivity index (χ2n) is 6.55. The lowest BCUT2D eigenvalue weighted by Crippen LogP contribution is -2.40. The Kier molecular flexibility index (Phi) is 6.55. The zero-order chi connectivity index (χ0) is 21.7. The van der Waals surface area contributed by atoms with E-state index in [1.165, 1.54) is 46.8 Å². The fourth-order valence-electron chi connectivity index (χ4n) is 2.85. The minimum absolute atomic E-state index is 0.119. The van der Waals surface area contributed by atoms with Crippen LogP contribution in [0.15, 0.2) is 47.4 Å². The first kappa shape index (κ1) is 21.6. The van der Waals surface area contributed by atoms with E-state index in [0.717, 1.165) is 0 Å². The van der Waals surface area contributed by atoms with Gasteiger partial charge in [-0.3, -0.25) is 4.79 Å². The largest absolute Gasteiger partial charge is 0.452 e. The van der Waals surface area contributed by atoms with Crippen molar-refractivity contribution in [1.29, 1.82) is 0 Å². The van der Waals surface area contributed by atoms with E-state index in [-0.39, 0.29) is 10.5 Å². The lowest BCUT2D eigenvalue weighted by molar-refractivity contribution is -0.119. The fraction of sp³-hybridized carbons (Fsp3) is 0.263. The Morgan fingerprint density at radius 3 is 2.23 bits per heavy atom. The molecular weight excluding hydrogens is 412 g/mol. The van der Waals surface area contributed by atoms with E-state index in [1.807, 2.05) is 0 Å². The SMILES string of the molecule is Nc1cc(N)cc(C(=O)OCC(=O)Nc2ccc(S(=O)(=O)N3CCOCC3)cc2)c1. The summed E-state index contributed by atoms with van der Waals surface area (Å²) in [6.07, 6.45) is 0. The van der Waals surface area contributed by atoms with Gasteiger partial charge < -0.3 is 26.3 Å². The number of sulfonamides is 1. The van der Waals surface area contributed by atoms with Crippen LogP contribution in [0.1, 0.15) is 10.4 Å². The molecule has 3 rings (SSSR count). The zero-order valence-electron chi connectivity index (χ0n) is 16.0. The summed E-state index contributed by atoms with van der Waals surface area (Å²) < 4.78 is 36.7. The summed E-state index contributed by atoms with van der Waals surface area (Å²) in [6, 6.07) is 10.0. The van der Waals surface area contributed by atoms with Crippen molar-refractivity contribution in [1.82, 2.24) is 4.31 Å². The molecular formula is C19H22N4O6S.